The van der Waals surface area contributed by atoms with Gasteiger partial charge in [-0.3, -0.25) is 4.90 Å². The van der Waals surface area contributed by atoms with Crippen molar-refractivity contribution in [3.8, 4) is 6.07 Å². The van der Waals surface area contributed by atoms with Gasteiger partial charge in [-0.1, -0.05) is 12.8 Å². The topological polar surface area (TPSA) is 27.0 Å². The highest BCUT2D eigenvalue weighted by Gasteiger charge is 2.22. The Hall–Kier alpha value is -1.47. The van der Waals surface area contributed by atoms with Gasteiger partial charge >= 0.3 is 0 Å². The van der Waals surface area contributed by atoms with Crippen molar-refractivity contribution in [3.05, 3.63) is 35.4 Å². The van der Waals surface area contributed by atoms with Crippen molar-refractivity contribution >= 4 is 0 Å². The maximum Gasteiger partial charge on any atom is 0.126 e. The van der Waals surface area contributed by atoms with Crippen LogP contribution in [-0.2, 0) is 6.54 Å². The van der Waals surface area contributed by atoms with Gasteiger partial charge in [0, 0.05) is 18.7 Å². The fourth-order valence-corrected chi connectivity index (χ4v) is 2.61. The van der Waals surface area contributed by atoms with Gasteiger partial charge in [0.15, 0.2) is 0 Å². The van der Waals surface area contributed by atoms with Crippen LogP contribution in [0.25, 0.3) is 0 Å². The van der Waals surface area contributed by atoms with Gasteiger partial charge < -0.3 is 0 Å². The van der Waals surface area contributed by atoms with Crippen LogP contribution in [0.15, 0.2) is 18.2 Å². The summed E-state index contributed by atoms with van der Waals surface area (Å²) in [6, 6.07) is 6.04. The van der Waals surface area contributed by atoms with Gasteiger partial charge in [0.2, 0.25) is 0 Å². The molecule has 1 aliphatic rings. The number of halogens is 2. The van der Waals surface area contributed by atoms with Gasteiger partial charge in [0.05, 0.1) is 12.6 Å². The van der Waals surface area contributed by atoms with Crippen molar-refractivity contribution in [1.29, 1.82) is 5.26 Å². The fourth-order valence-electron chi connectivity index (χ4n) is 2.61. The zero-order valence-corrected chi connectivity index (χ0v) is 10.2. The molecule has 1 aromatic carbocycles. The van der Waals surface area contributed by atoms with Crippen LogP contribution in [0.2, 0.25) is 0 Å². The second kappa shape index (κ2) is 5.92. The van der Waals surface area contributed by atoms with Gasteiger partial charge in [-0.25, -0.2) is 8.78 Å². The van der Waals surface area contributed by atoms with Crippen LogP contribution in [0.1, 0.15) is 31.2 Å². The Morgan fingerprint density at radius 2 is 1.78 bits per heavy atom. The van der Waals surface area contributed by atoms with E-state index in [2.05, 4.69) is 6.07 Å². The molecule has 0 unspecified atom stereocenters. The number of hydrogen-bond donors (Lipinski definition) is 0. The summed E-state index contributed by atoms with van der Waals surface area (Å²) in [5, 5.41) is 8.84. The van der Waals surface area contributed by atoms with Crippen LogP contribution in [-0.4, -0.2) is 17.5 Å². The predicted molar refractivity (Wildman–Crippen MR) is 64.6 cm³/mol. The number of nitrogens with zero attached hydrogens (tertiary/aromatic N) is 2. The molecule has 0 amide bonds. The summed E-state index contributed by atoms with van der Waals surface area (Å²) in [7, 11) is 0. The number of benzene rings is 1. The molecule has 0 spiro atoms. The van der Waals surface area contributed by atoms with E-state index in [9.17, 15) is 8.78 Å². The number of hydrogen-bond acceptors (Lipinski definition) is 2. The molecule has 1 saturated carbocycles. The molecule has 0 atom stereocenters. The highest BCUT2D eigenvalue weighted by atomic mass is 19.1. The van der Waals surface area contributed by atoms with E-state index < -0.39 is 11.6 Å². The average molecular weight is 250 g/mol. The maximum atomic E-state index is 13.1. The summed E-state index contributed by atoms with van der Waals surface area (Å²) in [4.78, 5) is 2.02. The monoisotopic (exact) mass is 250 g/mol. The minimum atomic E-state index is -0.562. The van der Waals surface area contributed by atoms with E-state index in [0.29, 0.717) is 24.7 Å². The second-order valence-electron chi connectivity index (χ2n) is 4.78. The van der Waals surface area contributed by atoms with Crippen molar-refractivity contribution in [2.24, 2.45) is 0 Å². The van der Waals surface area contributed by atoms with E-state index in [1.807, 2.05) is 4.90 Å². The first-order chi connectivity index (χ1) is 8.69. The molecule has 0 bridgehead atoms. The molecule has 2 nitrogen and oxygen atoms in total. The zero-order chi connectivity index (χ0) is 13.0. The SMILES string of the molecule is N#CCN(Cc1cc(F)cc(F)c1)C1CCCC1. The normalized spacial score (nSPS) is 16.1. The average Bonchev–Trinajstić information content (AvgIpc) is 2.80. The Balaban J connectivity index is 2.10. The highest BCUT2D eigenvalue weighted by Crippen LogP contribution is 2.25. The van der Waals surface area contributed by atoms with Gasteiger partial charge in [-0.15, -0.1) is 0 Å². The van der Waals surface area contributed by atoms with Crippen molar-refractivity contribution in [2.45, 2.75) is 38.3 Å². The molecule has 1 fully saturated rings. The molecule has 18 heavy (non-hydrogen) atoms. The van der Waals surface area contributed by atoms with Crippen LogP contribution >= 0.6 is 0 Å². The van der Waals surface area contributed by atoms with Crippen molar-refractivity contribution < 1.29 is 8.78 Å². The number of rotatable bonds is 4. The van der Waals surface area contributed by atoms with Crippen LogP contribution in [0, 0.1) is 23.0 Å². The molecule has 0 heterocycles. The molecule has 2 rings (SSSR count). The first-order valence-electron chi connectivity index (χ1n) is 6.25. The summed E-state index contributed by atoms with van der Waals surface area (Å²) in [5.41, 5.74) is 0.592. The van der Waals surface area contributed by atoms with Gasteiger partial charge in [0.1, 0.15) is 11.6 Å². The summed E-state index contributed by atoms with van der Waals surface area (Å²) in [6.45, 7) is 0.746. The molecule has 0 aromatic heterocycles. The molecule has 1 aliphatic carbocycles. The van der Waals surface area contributed by atoms with E-state index in [1.165, 1.54) is 25.0 Å². The lowest BCUT2D eigenvalue weighted by Gasteiger charge is -2.26. The molecule has 1 aromatic rings. The first-order valence-corrected chi connectivity index (χ1v) is 6.25. The van der Waals surface area contributed by atoms with Crippen molar-refractivity contribution in [3.63, 3.8) is 0 Å². The molecule has 96 valence electrons. The van der Waals surface area contributed by atoms with E-state index in [0.717, 1.165) is 18.9 Å². The lowest BCUT2D eigenvalue weighted by atomic mass is 10.1. The van der Waals surface area contributed by atoms with E-state index in [4.69, 9.17) is 5.26 Å². The van der Waals surface area contributed by atoms with Crippen LogP contribution in [0.5, 0.6) is 0 Å². The number of nitriles is 1. The van der Waals surface area contributed by atoms with Crippen LogP contribution < -0.4 is 0 Å². The van der Waals surface area contributed by atoms with Gasteiger partial charge in [0.25, 0.3) is 0 Å². The minimum absolute atomic E-state index is 0.308. The van der Waals surface area contributed by atoms with Crippen LogP contribution in [0.4, 0.5) is 8.78 Å². The highest BCUT2D eigenvalue weighted by molar-refractivity contribution is 5.18. The van der Waals surface area contributed by atoms with Gasteiger partial charge in [-0.2, -0.15) is 5.26 Å². The zero-order valence-electron chi connectivity index (χ0n) is 10.2. The minimum Gasteiger partial charge on any atom is -0.283 e. The molecular formula is C14H16F2N2. The Morgan fingerprint density at radius 1 is 1.17 bits per heavy atom. The second-order valence-corrected chi connectivity index (χ2v) is 4.78. The Labute approximate surface area is 106 Å². The fraction of sp³-hybridized carbons (Fsp3) is 0.500. The Bertz CT molecular complexity index is 427. The molecule has 0 saturated heterocycles. The smallest absolute Gasteiger partial charge is 0.126 e. The van der Waals surface area contributed by atoms with Gasteiger partial charge in [-0.05, 0) is 30.5 Å². The standard InChI is InChI=1S/C14H16F2N2/c15-12-7-11(8-13(16)9-12)10-18(6-5-17)14-3-1-2-4-14/h7-9,14H,1-4,6,10H2. The van der Waals surface area contributed by atoms with Crippen molar-refractivity contribution in [2.75, 3.05) is 6.54 Å². The molecular weight excluding hydrogens is 234 g/mol. The molecule has 0 radical (unpaired) electrons. The third-order valence-electron chi connectivity index (χ3n) is 3.42. The quantitative estimate of drug-likeness (QED) is 0.767. The first kappa shape index (κ1) is 13.0. The molecule has 0 aliphatic heterocycles. The van der Waals surface area contributed by atoms with E-state index >= 15 is 0 Å². The van der Waals surface area contributed by atoms with Crippen LogP contribution in [0.3, 0.4) is 0 Å². The lowest BCUT2D eigenvalue weighted by Crippen LogP contribution is -2.33. The van der Waals surface area contributed by atoms with E-state index in [1.54, 1.807) is 0 Å². The summed E-state index contributed by atoms with van der Waals surface area (Å²) in [5.74, 6) is -1.12. The molecule has 0 N–H and O–H groups in total. The molecule has 4 heteroatoms. The summed E-state index contributed by atoms with van der Waals surface area (Å²) in [6.07, 6.45) is 4.48. The maximum absolute atomic E-state index is 13.1. The summed E-state index contributed by atoms with van der Waals surface area (Å²) < 4.78 is 26.2. The summed E-state index contributed by atoms with van der Waals surface area (Å²) >= 11 is 0. The largest absolute Gasteiger partial charge is 0.283 e. The van der Waals surface area contributed by atoms with E-state index in [-0.39, 0.29) is 0 Å². The third-order valence-corrected chi connectivity index (χ3v) is 3.42. The predicted octanol–water partition coefficient (Wildman–Crippen LogP) is 3.23. The Morgan fingerprint density at radius 3 is 2.33 bits per heavy atom. The van der Waals surface area contributed by atoms with Crippen molar-refractivity contribution in [1.82, 2.24) is 4.90 Å². The lowest BCUT2D eigenvalue weighted by molar-refractivity contribution is 0.213. The third kappa shape index (κ3) is 3.27. The Kier molecular flexibility index (Phi) is 4.27.